The molecule has 0 aliphatic carbocycles. The van der Waals surface area contributed by atoms with Crippen molar-refractivity contribution in [2.45, 2.75) is 32.7 Å². The lowest BCUT2D eigenvalue weighted by Gasteiger charge is -2.08. The van der Waals surface area contributed by atoms with Gasteiger partial charge < -0.3 is 5.32 Å². The van der Waals surface area contributed by atoms with Crippen molar-refractivity contribution in [1.29, 1.82) is 0 Å². The topological polar surface area (TPSA) is 71.1 Å². The molecule has 1 aromatic rings. The molecule has 7 heteroatoms. The highest BCUT2D eigenvalue weighted by atomic mass is 32.2. The van der Waals surface area contributed by atoms with Gasteiger partial charge in [0.25, 0.3) is 0 Å². The average molecular weight is 277 g/mol. The summed E-state index contributed by atoms with van der Waals surface area (Å²) in [6.07, 6.45) is 3.09. The predicted octanol–water partition coefficient (Wildman–Crippen LogP) is 1.66. The zero-order valence-corrected chi connectivity index (χ0v) is 11.8. The number of hydrogen-bond donors (Lipinski definition) is 2. The van der Waals surface area contributed by atoms with Gasteiger partial charge in [-0.15, -0.1) is 11.3 Å². The second-order valence-electron chi connectivity index (χ2n) is 4.07. The molecule has 0 fully saturated rings. The first-order chi connectivity index (χ1) is 7.99. The second kappa shape index (κ2) is 6.93. The Morgan fingerprint density at radius 2 is 2.18 bits per heavy atom. The maximum absolute atomic E-state index is 11.6. The fourth-order valence-electron chi connectivity index (χ4n) is 1.27. The number of hydrogen-bond acceptors (Lipinski definition) is 5. The van der Waals surface area contributed by atoms with Gasteiger partial charge in [0, 0.05) is 17.6 Å². The first-order valence-electron chi connectivity index (χ1n) is 5.63. The van der Waals surface area contributed by atoms with Gasteiger partial charge in [-0.05, 0) is 19.4 Å². The summed E-state index contributed by atoms with van der Waals surface area (Å²) in [6, 6.07) is 0.444. The summed E-state index contributed by atoms with van der Waals surface area (Å²) < 4.78 is 25.7. The van der Waals surface area contributed by atoms with Gasteiger partial charge in [-0.1, -0.05) is 13.8 Å². The highest BCUT2D eigenvalue weighted by Crippen LogP contribution is 2.12. The van der Waals surface area contributed by atoms with Gasteiger partial charge in [-0.25, -0.2) is 13.4 Å². The second-order valence-corrected chi connectivity index (χ2v) is 6.81. The molecule has 1 heterocycles. The molecule has 0 aromatic carbocycles. The van der Waals surface area contributed by atoms with E-state index in [0.717, 1.165) is 13.0 Å². The molecule has 0 atom stereocenters. The predicted molar refractivity (Wildman–Crippen MR) is 71.9 cm³/mol. The first kappa shape index (κ1) is 14.4. The normalized spacial score (nSPS) is 11.9. The summed E-state index contributed by atoms with van der Waals surface area (Å²) in [7, 11) is -3.24. The van der Waals surface area contributed by atoms with Crippen molar-refractivity contribution >= 4 is 26.5 Å². The standard InChI is InChI=1S/C10H19N3O2S2/c1-9(2)11-5-3-4-8-17(14,15)13-10-12-6-7-16-10/h6-7,9,11H,3-5,8H2,1-2H3,(H,12,13). The number of anilines is 1. The Labute approximate surface area is 107 Å². The Bertz CT molecular complexity index is 401. The highest BCUT2D eigenvalue weighted by Gasteiger charge is 2.11. The summed E-state index contributed by atoms with van der Waals surface area (Å²) in [5, 5.41) is 5.43. The summed E-state index contributed by atoms with van der Waals surface area (Å²) in [5.74, 6) is 0.145. The highest BCUT2D eigenvalue weighted by molar-refractivity contribution is 7.92. The van der Waals surface area contributed by atoms with Crippen LogP contribution in [0.25, 0.3) is 0 Å². The molecule has 0 saturated heterocycles. The van der Waals surface area contributed by atoms with E-state index in [9.17, 15) is 8.42 Å². The minimum absolute atomic E-state index is 0.145. The summed E-state index contributed by atoms with van der Waals surface area (Å²) in [5.41, 5.74) is 0. The first-order valence-corrected chi connectivity index (χ1v) is 8.16. The minimum atomic E-state index is -3.24. The van der Waals surface area contributed by atoms with Crippen LogP contribution in [0.3, 0.4) is 0 Å². The number of sulfonamides is 1. The molecule has 2 N–H and O–H groups in total. The molecular formula is C10H19N3O2S2. The summed E-state index contributed by atoms with van der Waals surface area (Å²) >= 11 is 1.28. The lowest BCUT2D eigenvalue weighted by Crippen LogP contribution is -2.24. The van der Waals surface area contributed by atoms with Crippen molar-refractivity contribution in [2.24, 2.45) is 0 Å². The average Bonchev–Trinajstić information content (AvgIpc) is 2.68. The number of unbranched alkanes of at least 4 members (excludes halogenated alkanes) is 1. The molecule has 1 aromatic heterocycles. The van der Waals surface area contributed by atoms with Crippen LogP contribution in [0, 0.1) is 0 Å². The van der Waals surface area contributed by atoms with E-state index in [0.29, 0.717) is 17.6 Å². The molecule has 0 unspecified atom stereocenters. The van der Waals surface area contributed by atoms with Gasteiger partial charge in [0.1, 0.15) is 0 Å². The van der Waals surface area contributed by atoms with Crippen LogP contribution in [0.1, 0.15) is 26.7 Å². The van der Waals surface area contributed by atoms with Crippen LogP contribution in [-0.2, 0) is 10.0 Å². The fourth-order valence-corrected chi connectivity index (χ4v) is 3.22. The van der Waals surface area contributed by atoms with Crippen LogP contribution in [0.5, 0.6) is 0 Å². The fraction of sp³-hybridized carbons (Fsp3) is 0.700. The molecule has 0 bridgehead atoms. The van der Waals surface area contributed by atoms with Gasteiger partial charge in [0.2, 0.25) is 10.0 Å². The van der Waals surface area contributed by atoms with Crippen molar-refractivity contribution in [1.82, 2.24) is 10.3 Å². The van der Waals surface area contributed by atoms with E-state index in [1.165, 1.54) is 11.3 Å². The molecule has 0 amide bonds. The van der Waals surface area contributed by atoms with Crippen LogP contribution in [-0.4, -0.2) is 31.7 Å². The number of thiazole rings is 1. The third-order valence-corrected chi connectivity index (χ3v) is 4.22. The van der Waals surface area contributed by atoms with E-state index in [1.54, 1.807) is 11.6 Å². The third kappa shape index (κ3) is 6.60. The zero-order chi connectivity index (χ0) is 12.7. The van der Waals surface area contributed by atoms with Gasteiger partial charge in [-0.3, -0.25) is 4.72 Å². The number of nitrogens with one attached hydrogen (secondary N) is 2. The van der Waals surface area contributed by atoms with E-state index < -0.39 is 10.0 Å². The molecule has 0 saturated carbocycles. The Hall–Kier alpha value is -0.660. The van der Waals surface area contributed by atoms with Crippen LogP contribution < -0.4 is 10.0 Å². The maximum atomic E-state index is 11.6. The van der Waals surface area contributed by atoms with Crippen molar-refractivity contribution < 1.29 is 8.42 Å². The van der Waals surface area contributed by atoms with Crippen molar-refractivity contribution in [3.05, 3.63) is 11.6 Å². The monoisotopic (exact) mass is 277 g/mol. The quantitative estimate of drug-likeness (QED) is 0.709. The lowest BCUT2D eigenvalue weighted by molar-refractivity contribution is 0.561. The Kier molecular flexibility index (Phi) is 5.87. The Balaban J connectivity index is 2.21. The van der Waals surface area contributed by atoms with Crippen LogP contribution in [0.15, 0.2) is 11.6 Å². The van der Waals surface area contributed by atoms with Crippen LogP contribution in [0.2, 0.25) is 0 Å². The van der Waals surface area contributed by atoms with E-state index in [-0.39, 0.29) is 5.75 Å². The molecule has 5 nitrogen and oxygen atoms in total. The smallest absolute Gasteiger partial charge is 0.234 e. The Morgan fingerprint density at radius 1 is 1.41 bits per heavy atom. The van der Waals surface area contributed by atoms with E-state index in [2.05, 4.69) is 28.9 Å². The molecule has 17 heavy (non-hydrogen) atoms. The SMILES string of the molecule is CC(C)NCCCCS(=O)(=O)Nc1nccs1. The van der Waals surface area contributed by atoms with Gasteiger partial charge in [0.05, 0.1) is 5.75 Å². The molecule has 0 spiro atoms. The summed E-state index contributed by atoms with van der Waals surface area (Å²) in [4.78, 5) is 3.88. The number of nitrogens with zero attached hydrogens (tertiary/aromatic N) is 1. The molecule has 98 valence electrons. The molecule has 0 aliphatic rings. The zero-order valence-electron chi connectivity index (χ0n) is 10.1. The summed E-state index contributed by atoms with van der Waals surface area (Å²) in [6.45, 7) is 4.99. The maximum Gasteiger partial charge on any atom is 0.234 e. The van der Waals surface area contributed by atoms with Crippen LogP contribution >= 0.6 is 11.3 Å². The number of rotatable bonds is 8. The van der Waals surface area contributed by atoms with Gasteiger partial charge in [0.15, 0.2) is 5.13 Å². The van der Waals surface area contributed by atoms with Gasteiger partial charge >= 0.3 is 0 Å². The van der Waals surface area contributed by atoms with Gasteiger partial charge in [-0.2, -0.15) is 0 Å². The van der Waals surface area contributed by atoms with Crippen molar-refractivity contribution in [2.75, 3.05) is 17.0 Å². The molecule has 0 aliphatic heterocycles. The molecule has 0 radical (unpaired) electrons. The largest absolute Gasteiger partial charge is 0.315 e. The van der Waals surface area contributed by atoms with Crippen molar-refractivity contribution in [3.63, 3.8) is 0 Å². The minimum Gasteiger partial charge on any atom is -0.315 e. The lowest BCUT2D eigenvalue weighted by atomic mass is 10.3. The molecular weight excluding hydrogens is 258 g/mol. The molecule has 1 rings (SSSR count). The third-order valence-electron chi connectivity index (χ3n) is 2.07. The van der Waals surface area contributed by atoms with E-state index in [4.69, 9.17) is 0 Å². The van der Waals surface area contributed by atoms with E-state index in [1.807, 2.05) is 0 Å². The number of aromatic nitrogens is 1. The Morgan fingerprint density at radius 3 is 2.76 bits per heavy atom. The van der Waals surface area contributed by atoms with Crippen LogP contribution in [0.4, 0.5) is 5.13 Å². The van der Waals surface area contributed by atoms with Crippen molar-refractivity contribution in [3.8, 4) is 0 Å². The van der Waals surface area contributed by atoms with E-state index >= 15 is 0 Å².